The first-order chi connectivity index (χ1) is 8.19. The topological polar surface area (TPSA) is 54.0 Å². The number of hydrogen-bond acceptors (Lipinski definition) is 3. The van der Waals surface area contributed by atoms with Crippen LogP contribution in [0.5, 0.6) is 0 Å². The predicted molar refractivity (Wildman–Crippen MR) is 68.1 cm³/mol. The average Bonchev–Trinajstić information content (AvgIpc) is 2.75. The lowest BCUT2D eigenvalue weighted by atomic mass is 10.1. The molecule has 0 radical (unpaired) electrons. The zero-order chi connectivity index (χ0) is 12.3. The molecule has 0 aliphatic heterocycles. The summed E-state index contributed by atoms with van der Waals surface area (Å²) in [6.07, 6.45) is 5.02. The summed E-state index contributed by atoms with van der Waals surface area (Å²) in [6, 6.07) is 3.93. The summed E-state index contributed by atoms with van der Waals surface area (Å²) in [4.78, 5) is 16.1. The van der Waals surface area contributed by atoms with Crippen molar-refractivity contribution in [3.63, 3.8) is 0 Å². The Morgan fingerprint density at radius 3 is 2.94 bits per heavy atom. The van der Waals surface area contributed by atoms with Crippen molar-refractivity contribution in [1.29, 1.82) is 0 Å². The molecule has 4 heteroatoms. The third kappa shape index (κ3) is 2.96. The van der Waals surface area contributed by atoms with Gasteiger partial charge in [0.05, 0.1) is 0 Å². The van der Waals surface area contributed by atoms with Crippen LogP contribution in [0.1, 0.15) is 36.7 Å². The summed E-state index contributed by atoms with van der Waals surface area (Å²) in [5, 5.41) is 6.05. The zero-order valence-corrected chi connectivity index (χ0v) is 10.4. The molecule has 2 N–H and O–H groups in total. The Labute approximate surface area is 102 Å². The fourth-order valence-electron chi connectivity index (χ4n) is 2.31. The molecule has 1 fully saturated rings. The predicted octanol–water partition coefficient (Wildman–Crippen LogP) is 2.04. The lowest BCUT2D eigenvalue weighted by Crippen LogP contribution is -2.33. The van der Waals surface area contributed by atoms with Gasteiger partial charge in [0.2, 0.25) is 0 Å². The molecular formula is C13H19N3O. The fraction of sp³-hybridized carbons (Fsp3) is 0.538. The van der Waals surface area contributed by atoms with Crippen LogP contribution in [0.4, 0.5) is 5.69 Å². The Morgan fingerprint density at radius 2 is 2.29 bits per heavy atom. The molecule has 1 aromatic heterocycles. The van der Waals surface area contributed by atoms with Gasteiger partial charge in [-0.2, -0.15) is 0 Å². The molecular weight excluding hydrogens is 214 g/mol. The Hall–Kier alpha value is -1.58. The lowest BCUT2D eigenvalue weighted by Gasteiger charge is -2.12. The van der Waals surface area contributed by atoms with E-state index in [0.717, 1.165) is 24.4 Å². The van der Waals surface area contributed by atoms with Crippen molar-refractivity contribution in [3.8, 4) is 0 Å². The molecule has 2 unspecified atom stereocenters. The first-order valence-corrected chi connectivity index (χ1v) is 6.13. The molecule has 1 heterocycles. The number of pyridine rings is 1. The van der Waals surface area contributed by atoms with E-state index in [0.29, 0.717) is 11.7 Å². The number of amides is 1. The van der Waals surface area contributed by atoms with E-state index in [1.54, 1.807) is 12.3 Å². The van der Waals surface area contributed by atoms with Crippen LogP contribution in [0, 0.1) is 5.92 Å². The summed E-state index contributed by atoms with van der Waals surface area (Å²) in [7, 11) is 1.83. The van der Waals surface area contributed by atoms with Crippen LogP contribution in [-0.4, -0.2) is 24.0 Å². The largest absolute Gasteiger partial charge is 0.388 e. The van der Waals surface area contributed by atoms with Gasteiger partial charge in [0.15, 0.2) is 0 Å². The minimum atomic E-state index is -0.0683. The Bertz CT molecular complexity index is 405. The Kier molecular flexibility index (Phi) is 3.61. The van der Waals surface area contributed by atoms with Crippen LogP contribution >= 0.6 is 0 Å². The molecule has 0 spiro atoms. The van der Waals surface area contributed by atoms with Crippen molar-refractivity contribution < 1.29 is 4.79 Å². The van der Waals surface area contributed by atoms with Gasteiger partial charge >= 0.3 is 0 Å². The summed E-state index contributed by atoms with van der Waals surface area (Å²) in [5.41, 5.74) is 1.39. The van der Waals surface area contributed by atoms with Crippen LogP contribution in [0.2, 0.25) is 0 Å². The first-order valence-electron chi connectivity index (χ1n) is 6.13. The van der Waals surface area contributed by atoms with Gasteiger partial charge in [-0.3, -0.25) is 9.78 Å². The van der Waals surface area contributed by atoms with Crippen LogP contribution in [-0.2, 0) is 0 Å². The standard InChI is InChI=1S/C13H19N3O/c1-9-3-4-11(7-9)16-13(17)12-8-10(14-2)5-6-15-12/h5-6,8-9,11H,3-4,7H2,1-2H3,(H,14,15)(H,16,17). The van der Waals surface area contributed by atoms with E-state index in [-0.39, 0.29) is 5.91 Å². The van der Waals surface area contributed by atoms with Gasteiger partial charge in [-0.1, -0.05) is 6.92 Å². The van der Waals surface area contributed by atoms with Crippen molar-refractivity contribution in [3.05, 3.63) is 24.0 Å². The van der Waals surface area contributed by atoms with Crippen molar-refractivity contribution in [2.24, 2.45) is 5.92 Å². The number of carbonyl (C=O) groups excluding carboxylic acids is 1. The molecule has 2 rings (SSSR count). The van der Waals surface area contributed by atoms with E-state index in [1.165, 1.54) is 6.42 Å². The molecule has 1 saturated carbocycles. The third-order valence-electron chi connectivity index (χ3n) is 3.31. The first kappa shape index (κ1) is 11.9. The number of carbonyl (C=O) groups is 1. The Morgan fingerprint density at radius 1 is 1.47 bits per heavy atom. The number of anilines is 1. The molecule has 4 nitrogen and oxygen atoms in total. The van der Waals surface area contributed by atoms with Crippen LogP contribution in [0.3, 0.4) is 0 Å². The summed E-state index contributed by atoms with van der Waals surface area (Å²) in [6.45, 7) is 2.23. The maximum absolute atomic E-state index is 12.0. The fourth-order valence-corrected chi connectivity index (χ4v) is 2.31. The highest BCUT2D eigenvalue weighted by molar-refractivity contribution is 5.93. The number of aromatic nitrogens is 1. The molecule has 1 aromatic rings. The molecule has 2 atom stereocenters. The van der Waals surface area contributed by atoms with Gasteiger partial charge in [-0.05, 0) is 37.3 Å². The molecule has 0 saturated heterocycles. The molecule has 92 valence electrons. The second-order valence-corrected chi connectivity index (χ2v) is 4.77. The SMILES string of the molecule is CNc1ccnc(C(=O)NC2CCC(C)C2)c1. The Balaban J connectivity index is 1.99. The monoisotopic (exact) mass is 233 g/mol. The molecule has 0 aromatic carbocycles. The lowest BCUT2D eigenvalue weighted by molar-refractivity contribution is 0.0932. The van der Waals surface area contributed by atoms with E-state index in [2.05, 4.69) is 22.5 Å². The quantitative estimate of drug-likeness (QED) is 0.840. The van der Waals surface area contributed by atoms with Crippen LogP contribution < -0.4 is 10.6 Å². The molecule has 1 aliphatic rings. The van der Waals surface area contributed by atoms with Crippen molar-refractivity contribution in [1.82, 2.24) is 10.3 Å². The summed E-state index contributed by atoms with van der Waals surface area (Å²) >= 11 is 0. The average molecular weight is 233 g/mol. The maximum Gasteiger partial charge on any atom is 0.270 e. The zero-order valence-electron chi connectivity index (χ0n) is 10.4. The second-order valence-electron chi connectivity index (χ2n) is 4.77. The van der Waals surface area contributed by atoms with E-state index >= 15 is 0 Å². The highest BCUT2D eigenvalue weighted by Crippen LogP contribution is 2.24. The number of hydrogen-bond donors (Lipinski definition) is 2. The van der Waals surface area contributed by atoms with Crippen LogP contribution in [0.25, 0.3) is 0 Å². The van der Waals surface area contributed by atoms with Crippen molar-refractivity contribution >= 4 is 11.6 Å². The third-order valence-corrected chi connectivity index (χ3v) is 3.31. The van der Waals surface area contributed by atoms with E-state index in [1.807, 2.05) is 13.1 Å². The number of rotatable bonds is 3. The van der Waals surface area contributed by atoms with Gasteiger partial charge in [0, 0.05) is 25.0 Å². The minimum absolute atomic E-state index is 0.0683. The van der Waals surface area contributed by atoms with Gasteiger partial charge in [-0.15, -0.1) is 0 Å². The van der Waals surface area contributed by atoms with Crippen LogP contribution in [0.15, 0.2) is 18.3 Å². The minimum Gasteiger partial charge on any atom is -0.388 e. The van der Waals surface area contributed by atoms with E-state index in [4.69, 9.17) is 0 Å². The number of nitrogens with zero attached hydrogens (tertiary/aromatic N) is 1. The van der Waals surface area contributed by atoms with E-state index < -0.39 is 0 Å². The van der Waals surface area contributed by atoms with Crippen molar-refractivity contribution in [2.45, 2.75) is 32.2 Å². The number of nitrogens with one attached hydrogen (secondary N) is 2. The van der Waals surface area contributed by atoms with Gasteiger partial charge in [0.25, 0.3) is 5.91 Å². The molecule has 1 amide bonds. The van der Waals surface area contributed by atoms with Gasteiger partial charge in [-0.25, -0.2) is 0 Å². The van der Waals surface area contributed by atoms with Crippen molar-refractivity contribution in [2.75, 3.05) is 12.4 Å². The maximum atomic E-state index is 12.0. The highest BCUT2D eigenvalue weighted by Gasteiger charge is 2.23. The van der Waals surface area contributed by atoms with Gasteiger partial charge < -0.3 is 10.6 Å². The molecule has 0 bridgehead atoms. The summed E-state index contributed by atoms with van der Waals surface area (Å²) in [5.74, 6) is 0.651. The molecule has 17 heavy (non-hydrogen) atoms. The highest BCUT2D eigenvalue weighted by atomic mass is 16.1. The summed E-state index contributed by atoms with van der Waals surface area (Å²) < 4.78 is 0. The van der Waals surface area contributed by atoms with E-state index in [9.17, 15) is 4.79 Å². The molecule has 1 aliphatic carbocycles. The second kappa shape index (κ2) is 5.17. The normalized spacial score (nSPS) is 23.4. The smallest absolute Gasteiger partial charge is 0.270 e. The van der Waals surface area contributed by atoms with Gasteiger partial charge in [0.1, 0.15) is 5.69 Å².